The highest BCUT2D eigenvalue weighted by Gasteiger charge is 2.21. The summed E-state index contributed by atoms with van der Waals surface area (Å²) >= 11 is 3.46. The molecule has 0 saturated carbocycles. The lowest BCUT2D eigenvalue weighted by atomic mass is 10.1. The Balaban J connectivity index is 1.67. The highest BCUT2D eigenvalue weighted by atomic mass is 79.9. The van der Waals surface area contributed by atoms with Gasteiger partial charge < -0.3 is 14.8 Å². The van der Waals surface area contributed by atoms with E-state index in [0.29, 0.717) is 36.1 Å². The van der Waals surface area contributed by atoms with Gasteiger partial charge in [-0.1, -0.05) is 28.1 Å². The van der Waals surface area contributed by atoms with Crippen LogP contribution in [0.25, 0.3) is 5.69 Å². The molecule has 0 saturated heterocycles. The lowest BCUT2D eigenvalue weighted by Crippen LogP contribution is -2.21. The van der Waals surface area contributed by atoms with Crippen LogP contribution in [0.4, 0.5) is 5.82 Å². The number of ether oxygens (including phenoxy) is 2. The van der Waals surface area contributed by atoms with E-state index in [9.17, 15) is 4.79 Å². The molecule has 0 spiro atoms. The summed E-state index contributed by atoms with van der Waals surface area (Å²) in [6.45, 7) is 2.78. The van der Waals surface area contributed by atoms with Crippen LogP contribution in [0.15, 0.2) is 53.0 Å². The van der Waals surface area contributed by atoms with Gasteiger partial charge in [-0.2, -0.15) is 5.10 Å². The van der Waals surface area contributed by atoms with Crippen LogP contribution in [0.3, 0.4) is 0 Å². The molecule has 132 valence electrons. The summed E-state index contributed by atoms with van der Waals surface area (Å²) in [6, 6.07) is 14.8. The Hall–Kier alpha value is -2.80. The van der Waals surface area contributed by atoms with E-state index in [1.807, 2.05) is 37.3 Å². The van der Waals surface area contributed by atoms with Crippen LogP contribution in [0.2, 0.25) is 0 Å². The molecule has 3 aromatic rings. The van der Waals surface area contributed by atoms with Gasteiger partial charge in [0.2, 0.25) is 0 Å². The topological polar surface area (TPSA) is 65.4 Å². The summed E-state index contributed by atoms with van der Waals surface area (Å²) in [7, 11) is 0. The molecule has 2 aromatic carbocycles. The summed E-state index contributed by atoms with van der Waals surface area (Å²) in [5.41, 5.74) is 2.08. The third-order valence-electron chi connectivity index (χ3n) is 3.94. The Morgan fingerprint density at radius 2 is 1.96 bits per heavy atom. The van der Waals surface area contributed by atoms with Gasteiger partial charge in [0.1, 0.15) is 19.0 Å². The van der Waals surface area contributed by atoms with Gasteiger partial charge in [0.05, 0.1) is 16.9 Å². The summed E-state index contributed by atoms with van der Waals surface area (Å²) in [5, 5.41) is 7.41. The van der Waals surface area contributed by atoms with Gasteiger partial charge >= 0.3 is 0 Å². The largest absolute Gasteiger partial charge is 0.486 e. The van der Waals surface area contributed by atoms with E-state index in [4.69, 9.17) is 9.47 Å². The van der Waals surface area contributed by atoms with E-state index in [0.717, 1.165) is 15.9 Å². The number of halogens is 1. The summed E-state index contributed by atoms with van der Waals surface area (Å²) < 4.78 is 13.8. The SMILES string of the molecule is Cc1cc(NC(=O)c2cccc3c2OCCO3)n(-c2cccc(Br)c2)n1. The first-order valence-electron chi connectivity index (χ1n) is 8.14. The molecule has 6 nitrogen and oxygen atoms in total. The van der Waals surface area contributed by atoms with Crippen molar-refractivity contribution in [3.63, 3.8) is 0 Å². The molecule has 0 atom stereocenters. The number of benzene rings is 2. The molecule has 1 N–H and O–H groups in total. The maximum Gasteiger partial charge on any atom is 0.260 e. The van der Waals surface area contributed by atoms with Crippen LogP contribution in [-0.4, -0.2) is 28.9 Å². The number of amides is 1. The van der Waals surface area contributed by atoms with Crippen LogP contribution in [0, 0.1) is 6.92 Å². The van der Waals surface area contributed by atoms with Gasteiger partial charge in [-0.3, -0.25) is 4.79 Å². The van der Waals surface area contributed by atoms with E-state index >= 15 is 0 Å². The van der Waals surface area contributed by atoms with Gasteiger partial charge in [0, 0.05) is 10.5 Å². The molecule has 0 bridgehead atoms. The summed E-state index contributed by atoms with van der Waals surface area (Å²) in [6.07, 6.45) is 0. The van der Waals surface area contributed by atoms with Crippen molar-refractivity contribution in [3.05, 3.63) is 64.3 Å². The average molecular weight is 414 g/mol. The van der Waals surface area contributed by atoms with Crippen LogP contribution >= 0.6 is 15.9 Å². The number of fused-ring (bicyclic) bond motifs is 1. The summed E-state index contributed by atoms with van der Waals surface area (Å²) in [4.78, 5) is 12.8. The van der Waals surface area contributed by atoms with E-state index in [-0.39, 0.29) is 5.91 Å². The predicted octanol–water partition coefficient (Wildman–Crippen LogP) is 3.97. The van der Waals surface area contributed by atoms with Crippen molar-refractivity contribution >= 4 is 27.7 Å². The fraction of sp³-hybridized carbons (Fsp3) is 0.158. The molecule has 1 aromatic heterocycles. The second-order valence-electron chi connectivity index (χ2n) is 5.85. The summed E-state index contributed by atoms with van der Waals surface area (Å²) in [5.74, 6) is 1.37. The molecule has 0 aliphatic carbocycles. The standard InChI is InChI=1S/C19H16BrN3O3/c1-12-10-17(23(22-12)14-5-2-4-13(20)11-14)21-19(24)15-6-3-7-16-18(15)26-9-8-25-16/h2-7,10-11H,8-9H2,1H3,(H,21,24). The number of nitrogens with zero attached hydrogens (tertiary/aromatic N) is 2. The zero-order chi connectivity index (χ0) is 18.1. The second-order valence-corrected chi connectivity index (χ2v) is 6.76. The second kappa shape index (κ2) is 6.84. The number of aromatic nitrogens is 2. The maximum atomic E-state index is 12.8. The molecule has 0 radical (unpaired) electrons. The van der Waals surface area contributed by atoms with Crippen molar-refractivity contribution in [3.8, 4) is 17.2 Å². The molecular weight excluding hydrogens is 398 g/mol. The van der Waals surface area contributed by atoms with Gasteiger partial charge in [0.15, 0.2) is 11.5 Å². The van der Waals surface area contributed by atoms with Crippen molar-refractivity contribution in [1.82, 2.24) is 9.78 Å². The number of aryl methyl sites for hydroxylation is 1. The normalized spacial score (nSPS) is 12.7. The van der Waals surface area contributed by atoms with Crippen molar-refractivity contribution in [2.75, 3.05) is 18.5 Å². The van der Waals surface area contributed by atoms with Crippen LogP contribution in [0.5, 0.6) is 11.5 Å². The van der Waals surface area contributed by atoms with Crippen molar-refractivity contribution < 1.29 is 14.3 Å². The highest BCUT2D eigenvalue weighted by molar-refractivity contribution is 9.10. The van der Waals surface area contributed by atoms with E-state index in [2.05, 4.69) is 26.3 Å². The molecule has 2 heterocycles. The number of carbonyl (C=O) groups excluding carboxylic acids is 1. The van der Waals surface area contributed by atoms with Crippen LogP contribution in [0.1, 0.15) is 16.1 Å². The van der Waals surface area contributed by atoms with Gasteiger partial charge in [0.25, 0.3) is 5.91 Å². The smallest absolute Gasteiger partial charge is 0.260 e. The maximum absolute atomic E-state index is 12.8. The molecule has 26 heavy (non-hydrogen) atoms. The Bertz CT molecular complexity index is 984. The fourth-order valence-corrected chi connectivity index (χ4v) is 3.22. The minimum atomic E-state index is -0.275. The quantitative estimate of drug-likeness (QED) is 0.705. The zero-order valence-electron chi connectivity index (χ0n) is 14.0. The number of nitrogens with one attached hydrogen (secondary N) is 1. The Morgan fingerprint density at radius 1 is 1.15 bits per heavy atom. The van der Waals surface area contributed by atoms with Gasteiger partial charge in [-0.15, -0.1) is 0 Å². The number of anilines is 1. The fourth-order valence-electron chi connectivity index (χ4n) is 2.83. The Kier molecular flexibility index (Phi) is 4.38. The van der Waals surface area contributed by atoms with Crippen molar-refractivity contribution in [2.24, 2.45) is 0 Å². The molecule has 1 aliphatic rings. The van der Waals surface area contributed by atoms with Crippen LogP contribution in [-0.2, 0) is 0 Å². The molecule has 7 heteroatoms. The lowest BCUT2D eigenvalue weighted by molar-refractivity contribution is 0.101. The number of rotatable bonds is 3. The average Bonchev–Trinajstić information content (AvgIpc) is 3.01. The molecule has 0 fully saturated rings. The Morgan fingerprint density at radius 3 is 2.81 bits per heavy atom. The predicted molar refractivity (Wildman–Crippen MR) is 101 cm³/mol. The van der Waals surface area contributed by atoms with Crippen LogP contribution < -0.4 is 14.8 Å². The minimum Gasteiger partial charge on any atom is -0.486 e. The number of para-hydroxylation sites is 1. The first-order valence-corrected chi connectivity index (χ1v) is 8.94. The molecule has 0 unspecified atom stereocenters. The minimum absolute atomic E-state index is 0.275. The third kappa shape index (κ3) is 3.17. The van der Waals surface area contributed by atoms with Gasteiger partial charge in [-0.05, 0) is 37.3 Å². The number of hydrogen-bond acceptors (Lipinski definition) is 4. The van der Waals surface area contributed by atoms with E-state index in [1.54, 1.807) is 22.9 Å². The van der Waals surface area contributed by atoms with Crippen molar-refractivity contribution in [1.29, 1.82) is 0 Å². The molecule has 1 aliphatic heterocycles. The first kappa shape index (κ1) is 16.7. The monoisotopic (exact) mass is 413 g/mol. The zero-order valence-corrected chi connectivity index (χ0v) is 15.6. The number of hydrogen-bond donors (Lipinski definition) is 1. The molecular formula is C19H16BrN3O3. The molecule has 4 rings (SSSR count). The number of carbonyl (C=O) groups is 1. The Labute approximate surface area is 158 Å². The van der Waals surface area contributed by atoms with E-state index in [1.165, 1.54) is 0 Å². The van der Waals surface area contributed by atoms with Crippen molar-refractivity contribution in [2.45, 2.75) is 6.92 Å². The lowest BCUT2D eigenvalue weighted by Gasteiger charge is -2.20. The highest BCUT2D eigenvalue weighted by Crippen LogP contribution is 2.34. The molecule has 1 amide bonds. The first-order chi connectivity index (χ1) is 12.6. The van der Waals surface area contributed by atoms with Gasteiger partial charge in [-0.25, -0.2) is 4.68 Å². The third-order valence-corrected chi connectivity index (χ3v) is 4.43. The van der Waals surface area contributed by atoms with E-state index < -0.39 is 0 Å².